The summed E-state index contributed by atoms with van der Waals surface area (Å²) in [7, 11) is 0. The monoisotopic (exact) mass is 450 g/mol. The molecule has 2 heterocycles. The van der Waals surface area contributed by atoms with E-state index in [0.29, 0.717) is 38.3 Å². The molecule has 2 aliphatic heterocycles. The van der Waals surface area contributed by atoms with E-state index in [1.165, 1.54) is 0 Å². The molecule has 0 spiro atoms. The van der Waals surface area contributed by atoms with Gasteiger partial charge in [0.25, 0.3) is 5.91 Å². The lowest BCUT2D eigenvalue weighted by atomic mass is 10.0. The van der Waals surface area contributed by atoms with Gasteiger partial charge in [0.2, 0.25) is 11.8 Å². The number of rotatable bonds is 8. The Balaban J connectivity index is 1.28. The van der Waals surface area contributed by atoms with Crippen LogP contribution < -0.4 is 15.5 Å². The number of nitrogens with one attached hydrogen (secondary N) is 2. The summed E-state index contributed by atoms with van der Waals surface area (Å²) < 4.78 is 5.46. The third kappa shape index (κ3) is 5.97. The summed E-state index contributed by atoms with van der Waals surface area (Å²) in [6, 6.07) is 17.0. The van der Waals surface area contributed by atoms with Crippen LogP contribution in [0.1, 0.15) is 34.8 Å². The molecule has 2 saturated heterocycles. The third-order valence-electron chi connectivity index (χ3n) is 6.09. The van der Waals surface area contributed by atoms with Gasteiger partial charge in [-0.2, -0.15) is 0 Å². The van der Waals surface area contributed by atoms with E-state index in [-0.39, 0.29) is 30.3 Å². The van der Waals surface area contributed by atoms with E-state index >= 15 is 0 Å². The van der Waals surface area contributed by atoms with Crippen LogP contribution in [0.25, 0.3) is 0 Å². The largest absolute Gasteiger partial charge is 0.379 e. The van der Waals surface area contributed by atoms with Crippen molar-refractivity contribution < 1.29 is 19.1 Å². The number of hydrogen-bond acceptors (Lipinski definition) is 5. The standard InChI is InChI=1S/C25H30N4O4/c30-23(26-17-22(19-5-2-1-3-6-19)28-13-15-33-16-14-28)18-27-25(32)20-8-10-21(11-9-20)29-12-4-7-24(29)31/h1-3,5-6,8-11,22H,4,7,12-18H2,(H,26,30)(H,27,32). The Bertz CT molecular complexity index is 958. The van der Waals surface area contributed by atoms with Crippen molar-refractivity contribution in [3.05, 3.63) is 65.7 Å². The summed E-state index contributed by atoms with van der Waals surface area (Å²) in [5, 5.41) is 5.63. The predicted octanol–water partition coefficient (Wildman–Crippen LogP) is 1.73. The van der Waals surface area contributed by atoms with Crippen molar-refractivity contribution in [2.24, 2.45) is 0 Å². The van der Waals surface area contributed by atoms with Gasteiger partial charge in [-0.3, -0.25) is 19.3 Å². The molecular weight excluding hydrogens is 420 g/mol. The summed E-state index contributed by atoms with van der Waals surface area (Å²) in [5.74, 6) is -0.455. The van der Waals surface area contributed by atoms with E-state index in [0.717, 1.165) is 30.8 Å². The fourth-order valence-corrected chi connectivity index (χ4v) is 4.27. The van der Waals surface area contributed by atoms with Gasteiger partial charge < -0.3 is 20.3 Å². The van der Waals surface area contributed by atoms with Crippen LogP contribution in [0.4, 0.5) is 5.69 Å². The first-order valence-corrected chi connectivity index (χ1v) is 11.4. The number of carbonyl (C=O) groups is 3. The molecule has 33 heavy (non-hydrogen) atoms. The number of amides is 3. The first-order chi connectivity index (χ1) is 16.1. The fourth-order valence-electron chi connectivity index (χ4n) is 4.27. The van der Waals surface area contributed by atoms with Gasteiger partial charge >= 0.3 is 0 Å². The van der Waals surface area contributed by atoms with Crippen molar-refractivity contribution in [1.82, 2.24) is 15.5 Å². The van der Waals surface area contributed by atoms with E-state index in [2.05, 4.69) is 27.7 Å². The van der Waals surface area contributed by atoms with Gasteiger partial charge in [0.1, 0.15) is 0 Å². The van der Waals surface area contributed by atoms with Crippen molar-refractivity contribution in [1.29, 1.82) is 0 Å². The molecule has 174 valence electrons. The van der Waals surface area contributed by atoms with E-state index in [1.54, 1.807) is 29.2 Å². The van der Waals surface area contributed by atoms with Gasteiger partial charge in [0.05, 0.1) is 25.8 Å². The van der Waals surface area contributed by atoms with Crippen LogP contribution in [-0.4, -0.2) is 68.6 Å². The molecule has 1 atom stereocenters. The number of hydrogen-bond donors (Lipinski definition) is 2. The number of ether oxygens (including phenoxy) is 1. The quantitative estimate of drug-likeness (QED) is 0.639. The van der Waals surface area contributed by atoms with Crippen molar-refractivity contribution in [3.8, 4) is 0 Å². The molecule has 8 heteroatoms. The topological polar surface area (TPSA) is 91.0 Å². The molecule has 1 unspecified atom stereocenters. The highest BCUT2D eigenvalue weighted by atomic mass is 16.5. The van der Waals surface area contributed by atoms with Crippen LogP contribution in [0, 0.1) is 0 Å². The molecule has 2 aromatic carbocycles. The van der Waals surface area contributed by atoms with E-state index in [9.17, 15) is 14.4 Å². The molecule has 2 aromatic rings. The average molecular weight is 451 g/mol. The molecule has 0 aliphatic carbocycles. The zero-order valence-electron chi connectivity index (χ0n) is 18.7. The Kier molecular flexibility index (Phi) is 7.70. The summed E-state index contributed by atoms with van der Waals surface area (Å²) in [4.78, 5) is 40.8. The minimum atomic E-state index is -0.322. The minimum Gasteiger partial charge on any atom is -0.379 e. The maximum absolute atomic E-state index is 12.5. The molecular formula is C25H30N4O4. The van der Waals surface area contributed by atoms with E-state index in [4.69, 9.17) is 4.74 Å². The summed E-state index contributed by atoms with van der Waals surface area (Å²) in [5.41, 5.74) is 2.39. The number of carbonyl (C=O) groups excluding carboxylic acids is 3. The molecule has 4 rings (SSSR count). The third-order valence-corrected chi connectivity index (χ3v) is 6.09. The van der Waals surface area contributed by atoms with Crippen LogP contribution in [0.15, 0.2) is 54.6 Å². The zero-order chi connectivity index (χ0) is 23.0. The first-order valence-electron chi connectivity index (χ1n) is 11.4. The number of nitrogens with zero attached hydrogens (tertiary/aromatic N) is 2. The van der Waals surface area contributed by atoms with Crippen LogP contribution in [0.5, 0.6) is 0 Å². The highest BCUT2D eigenvalue weighted by Crippen LogP contribution is 2.22. The minimum absolute atomic E-state index is 0.0515. The van der Waals surface area contributed by atoms with Crippen LogP contribution in [0.3, 0.4) is 0 Å². The molecule has 0 saturated carbocycles. The normalized spacial score (nSPS) is 17.6. The molecule has 0 radical (unpaired) electrons. The Morgan fingerprint density at radius 1 is 0.939 bits per heavy atom. The van der Waals surface area contributed by atoms with Gasteiger partial charge in [-0.25, -0.2) is 0 Å². The average Bonchev–Trinajstić information content (AvgIpc) is 3.30. The summed E-state index contributed by atoms with van der Waals surface area (Å²) >= 11 is 0. The smallest absolute Gasteiger partial charge is 0.251 e. The number of benzene rings is 2. The number of anilines is 1. The fraction of sp³-hybridized carbons (Fsp3) is 0.400. The lowest BCUT2D eigenvalue weighted by molar-refractivity contribution is -0.120. The maximum Gasteiger partial charge on any atom is 0.251 e. The van der Waals surface area contributed by atoms with Crippen LogP contribution >= 0.6 is 0 Å². The molecule has 0 aromatic heterocycles. The second-order valence-corrected chi connectivity index (χ2v) is 8.26. The second kappa shape index (κ2) is 11.1. The van der Waals surface area contributed by atoms with Gasteiger partial charge in [-0.05, 0) is 36.2 Å². The van der Waals surface area contributed by atoms with Crippen molar-refractivity contribution in [2.45, 2.75) is 18.9 Å². The van der Waals surface area contributed by atoms with Gasteiger partial charge in [-0.15, -0.1) is 0 Å². The van der Waals surface area contributed by atoms with Crippen molar-refractivity contribution in [3.63, 3.8) is 0 Å². The highest BCUT2D eigenvalue weighted by molar-refractivity contribution is 5.98. The summed E-state index contributed by atoms with van der Waals surface area (Å²) in [6.07, 6.45) is 1.42. The highest BCUT2D eigenvalue weighted by Gasteiger charge is 2.24. The van der Waals surface area contributed by atoms with Gasteiger partial charge in [0, 0.05) is 43.9 Å². The molecule has 8 nitrogen and oxygen atoms in total. The maximum atomic E-state index is 12.5. The lowest BCUT2D eigenvalue weighted by Gasteiger charge is -2.35. The first kappa shape index (κ1) is 22.9. The van der Waals surface area contributed by atoms with Crippen LogP contribution in [0.2, 0.25) is 0 Å². The molecule has 3 amide bonds. The van der Waals surface area contributed by atoms with E-state index in [1.807, 2.05) is 18.2 Å². The lowest BCUT2D eigenvalue weighted by Crippen LogP contribution is -2.45. The second-order valence-electron chi connectivity index (χ2n) is 8.26. The van der Waals surface area contributed by atoms with Crippen molar-refractivity contribution >= 4 is 23.4 Å². The Labute approximate surface area is 193 Å². The Morgan fingerprint density at radius 3 is 2.33 bits per heavy atom. The van der Waals surface area contributed by atoms with E-state index < -0.39 is 0 Å². The number of morpholine rings is 1. The SMILES string of the molecule is O=C(CNC(=O)c1ccc(N2CCCC2=O)cc1)NCC(c1ccccc1)N1CCOCC1. The molecule has 2 N–H and O–H groups in total. The zero-order valence-corrected chi connectivity index (χ0v) is 18.7. The Hall–Kier alpha value is -3.23. The molecule has 0 bridgehead atoms. The van der Waals surface area contributed by atoms with Crippen molar-refractivity contribution in [2.75, 3.05) is 50.8 Å². The predicted molar refractivity (Wildman–Crippen MR) is 125 cm³/mol. The van der Waals surface area contributed by atoms with Gasteiger partial charge in [-0.1, -0.05) is 30.3 Å². The Morgan fingerprint density at radius 2 is 1.67 bits per heavy atom. The molecule has 2 aliphatic rings. The van der Waals surface area contributed by atoms with Crippen LogP contribution in [-0.2, 0) is 14.3 Å². The van der Waals surface area contributed by atoms with Gasteiger partial charge in [0.15, 0.2) is 0 Å². The summed E-state index contributed by atoms with van der Waals surface area (Å²) in [6.45, 7) is 4.04. The molecule has 2 fully saturated rings.